The van der Waals surface area contributed by atoms with Crippen molar-refractivity contribution in [3.05, 3.63) is 33.9 Å². The van der Waals surface area contributed by atoms with E-state index in [0.29, 0.717) is 30.6 Å². The second kappa shape index (κ2) is 7.46. The van der Waals surface area contributed by atoms with E-state index in [4.69, 9.17) is 0 Å². The van der Waals surface area contributed by atoms with E-state index < -0.39 is 21.1 Å². The summed E-state index contributed by atoms with van der Waals surface area (Å²) in [4.78, 5) is 22.9. The smallest absolute Gasteiger partial charge is 0.281 e. The first-order valence-electron chi connectivity index (χ1n) is 7.86. The topological polar surface area (TPSA) is 113 Å². The number of nitrogens with one attached hydrogen (secondary N) is 1. The van der Waals surface area contributed by atoms with Gasteiger partial charge in [-0.3, -0.25) is 14.9 Å². The third-order valence-corrected chi connectivity index (χ3v) is 6.14. The summed E-state index contributed by atoms with van der Waals surface area (Å²) in [6.45, 7) is 2.21. The van der Waals surface area contributed by atoms with Crippen molar-refractivity contribution in [3.63, 3.8) is 0 Å². The van der Waals surface area contributed by atoms with E-state index in [1.807, 2.05) is 0 Å². The zero-order valence-electron chi connectivity index (χ0n) is 14.4. The lowest BCUT2D eigenvalue weighted by molar-refractivity contribution is -0.384. The number of hydrogen-bond acceptors (Lipinski definition) is 5. The predicted molar refractivity (Wildman–Crippen MR) is 93.4 cm³/mol. The van der Waals surface area contributed by atoms with Crippen LogP contribution >= 0.6 is 0 Å². The molecule has 1 amide bonds. The molecule has 0 bridgehead atoms. The fourth-order valence-corrected chi connectivity index (χ4v) is 3.88. The average Bonchev–Trinajstić information content (AvgIpc) is 2.56. The minimum Gasteiger partial charge on any atom is -0.325 e. The number of nitrogens with zero attached hydrogens (tertiary/aromatic N) is 3. The Bertz CT molecular complexity index is 778. The third kappa shape index (κ3) is 4.33. The second-order valence-corrected chi connectivity index (χ2v) is 8.38. The minimum absolute atomic E-state index is 0.0975. The molecule has 9 nitrogen and oxygen atoms in total. The highest BCUT2D eigenvalue weighted by Gasteiger charge is 2.33. The van der Waals surface area contributed by atoms with Crippen LogP contribution in [0.15, 0.2) is 18.2 Å². The second-order valence-electron chi connectivity index (χ2n) is 6.23. The number of carbonyl (C=O) groups excluding carboxylic acids is 1. The summed E-state index contributed by atoms with van der Waals surface area (Å²) in [7, 11) is -0.668. The first kappa shape index (κ1) is 19.3. The number of nitro groups is 1. The Balaban J connectivity index is 2.13. The Labute approximate surface area is 146 Å². The summed E-state index contributed by atoms with van der Waals surface area (Å²) < 4.78 is 26.9. The molecule has 0 aliphatic carbocycles. The fourth-order valence-electron chi connectivity index (χ4n) is 2.69. The van der Waals surface area contributed by atoms with Gasteiger partial charge in [-0.25, -0.2) is 0 Å². The first-order valence-corrected chi connectivity index (χ1v) is 9.26. The van der Waals surface area contributed by atoms with Crippen molar-refractivity contribution in [2.24, 2.45) is 5.92 Å². The van der Waals surface area contributed by atoms with Crippen LogP contribution in [-0.2, 0) is 15.0 Å². The summed E-state index contributed by atoms with van der Waals surface area (Å²) in [6, 6.07) is 4.25. The molecule has 0 radical (unpaired) electrons. The number of non-ortho nitro benzene ring substituents is 1. The molecule has 10 heteroatoms. The van der Waals surface area contributed by atoms with Crippen molar-refractivity contribution < 1.29 is 18.1 Å². The molecular formula is C15H22N4O5S. The molecule has 1 fully saturated rings. The van der Waals surface area contributed by atoms with Crippen LogP contribution in [0.25, 0.3) is 0 Å². The lowest BCUT2D eigenvalue weighted by Crippen LogP contribution is -2.47. The molecule has 1 aromatic rings. The van der Waals surface area contributed by atoms with Gasteiger partial charge in [0.25, 0.3) is 15.9 Å². The van der Waals surface area contributed by atoms with E-state index in [1.54, 1.807) is 13.0 Å². The van der Waals surface area contributed by atoms with Crippen molar-refractivity contribution in [1.82, 2.24) is 8.61 Å². The molecule has 138 valence electrons. The lowest BCUT2D eigenvalue weighted by atomic mass is 9.98. The Morgan fingerprint density at radius 1 is 1.40 bits per heavy atom. The zero-order valence-corrected chi connectivity index (χ0v) is 15.2. The summed E-state index contributed by atoms with van der Waals surface area (Å²) >= 11 is 0. The number of benzene rings is 1. The van der Waals surface area contributed by atoms with Crippen LogP contribution in [0, 0.1) is 23.0 Å². The highest BCUT2D eigenvalue weighted by atomic mass is 32.2. The summed E-state index contributed by atoms with van der Waals surface area (Å²) in [6.07, 6.45) is 1.15. The van der Waals surface area contributed by atoms with E-state index in [2.05, 4.69) is 5.32 Å². The monoisotopic (exact) mass is 370 g/mol. The number of carbonyl (C=O) groups is 1. The highest BCUT2D eigenvalue weighted by Crippen LogP contribution is 2.25. The molecular weight excluding hydrogens is 348 g/mol. The van der Waals surface area contributed by atoms with E-state index in [1.165, 1.54) is 30.5 Å². The van der Waals surface area contributed by atoms with Crippen molar-refractivity contribution >= 4 is 27.5 Å². The van der Waals surface area contributed by atoms with Crippen LogP contribution in [0.3, 0.4) is 0 Å². The van der Waals surface area contributed by atoms with Crippen LogP contribution in [0.5, 0.6) is 0 Å². The molecule has 0 aromatic heterocycles. The number of aryl methyl sites for hydroxylation is 1. The molecule has 1 saturated heterocycles. The van der Waals surface area contributed by atoms with E-state index in [0.717, 1.165) is 4.31 Å². The minimum atomic E-state index is -3.57. The van der Waals surface area contributed by atoms with Crippen LogP contribution in [0.4, 0.5) is 11.4 Å². The van der Waals surface area contributed by atoms with Crippen LogP contribution in [-0.4, -0.2) is 55.0 Å². The Morgan fingerprint density at radius 2 is 2.08 bits per heavy atom. The van der Waals surface area contributed by atoms with Crippen molar-refractivity contribution in [2.45, 2.75) is 19.8 Å². The first-order chi connectivity index (χ1) is 11.6. The Morgan fingerprint density at radius 3 is 2.68 bits per heavy atom. The van der Waals surface area contributed by atoms with Crippen molar-refractivity contribution in [1.29, 1.82) is 0 Å². The van der Waals surface area contributed by atoms with Gasteiger partial charge in [-0.15, -0.1) is 0 Å². The SMILES string of the molecule is Cc1ccc([N+](=O)[O-])cc1NC(=O)C1CCCN(S(=O)(=O)N(C)C)C1. The number of rotatable bonds is 5. The van der Waals surface area contributed by atoms with Gasteiger partial charge >= 0.3 is 0 Å². The van der Waals surface area contributed by atoms with E-state index >= 15 is 0 Å². The van der Waals surface area contributed by atoms with Crippen LogP contribution < -0.4 is 5.32 Å². The van der Waals surface area contributed by atoms with Crippen molar-refractivity contribution in [2.75, 3.05) is 32.5 Å². The predicted octanol–water partition coefficient (Wildman–Crippen LogP) is 1.36. The molecule has 1 aliphatic heterocycles. The average molecular weight is 370 g/mol. The van der Waals surface area contributed by atoms with Gasteiger partial charge < -0.3 is 5.32 Å². The lowest BCUT2D eigenvalue weighted by Gasteiger charge is -2.32. The van der Waals surface area contributed by atoms with Gasteiger partial charge in [-0.2, -0.15) is 17.0 Å². The summed E-state index contributed by atoms with van der Waals surface area (Å²) in [5, 5.41) is 13.6. The summed E-state index contributed by atoms with van der Waals surface area (Å²) in [5.74, 6) is -0.829. The van der Waals surface area contributed by atoms with Gasteiger partial charge in [-0.1, -0.05) is 6.07 Å². The molecule has 1 aliphatic rings. The van der Waals surface area contributed by atoms with E-state index in [9.17, 15) is 23.3 Å². The third-order valence-electron chi connectivity index (χ3n) is 4.23. The molecule has 1 atom stereocenters. The van der Waals surface area contributed by atoms with Crippen molar-refractivity contribution in [3.8, 4) is 0 Å². The molecule has 1 heterocycles. The summed E-state index contributed by atoms with van der Waals surface area (Å²) in [5.41, 5.74) is 0.959. The van der Waals surface area contributed by atoms with Gasteiger partial charge in [-0.05, 0) is 25.3 Å². The van der Waals surface area contributed by atoms with Crippen LogP contribution in [0.2, 0.25) is 0 Å². The molecule has 1 unspecified atom stereocenters. The molecule has 1 N–H and O–H groups in total. The normalized spacial score (nSPS) is 19.0. The fraction of sp³-hybridized carbons (Fsp3) is 0.533. The molecule has 0 saturated carbocycles. The number of nitro benzene ring substituents is 1. The number of amides is 1. The maximum Gasteiger partial charge on any atom is 0.281 e. The largest absolute Gasteiger partial charge is 0.325 e. The zero-order chi connectivity index (χ0) is 18.8. The van der Waals surface area contributed by atoms with Gasteiger partial charge in [0.15, 0.2) is 0 Å². The number of hydrogen-bond donors (Lipinski definition) is 1. The molecule has 2 rings (SSSR count). The quantitative estimate of drug-likeness (QED) is 0.621. The van der Waals surface area contributed by atoms with E-state index in [-0.39, 0.29) is 18.1 Å². The van der Waals surface area contributed by atoms with Gasteiger partial charge in [0.2, 0.25) is 5.91 Å². The number of piperidine rings is 1. The molecule has 25 heavy (non-hydrogen) atoms. The van der Waals surface area contributed by atoms with Crippen LogP contribution in [0.1, 0.15) is 18.4 Å². The Kier molecular flexibility index (Phi) is 5.76. The van der Waals surface area contributed by atoms with Gasteiger partial charge in [0, 0.05) is 39.3 Å². The highest BCUT2D eigenvalue weighted by molar-refractivity contribution is 7.86. The van der Waals surface area contributed by atoms with Gasteiger partial charge in [0.1, 0.15) is 0 Å². The standard InChI is InChI=1S/C15H22N4O5S/c1-11-6-7-13(19(21)22)9-14(11)16-15(20)12-5-4-8-18(10-12)25(23,24)17(2)3/h6-7,9,12H,4-5,8,10H2,1-3H3,(H,16,20). The Hall–Kier alpha value is -2.04. The van der Waals surface area contributed by atoms with Gasteiger partial charge in [0.05, 0.1) is 16.5 Å². The maximum absolute atomic E-state index is 12.5. The maximum atomic E-state index is 12.5. The molecule has 0 spiro atoms. The molecule has 1 aromatic carbocycles. The number of anilines is 1.